The van der Waals surface area contributed by atoms with E-state index in [1.54, 1.807) is 0 Å². The van der Waals surface area contributed by atoms with Crippen LogP contribution in [0.5, 0.6) is 0 Å². The van der Waals surface area contributed by atoms with Gasteiger partial charge >= 0.3 is 0 Å². The van der Waals surface area contributed by atoms with Crippen LogP contribution >= 0.6 is 0 Å². The smallest absolute Gasteiger partial charge is 0.0113 e. The zero-order valence-electron chi connectivity index (χ0n) is 8.59. The maximum Gasteiger partial charge on any atom is 0.0113 e. The predicted octanol–water partition coefficient (Wildman–Crippen LogP) is 1.60. The highest BCUT2D eigenvalue weighted by molar-refractivity contribution is 4.85. The minimum atomic E-state index is 0.461. The van der Waals surface area contributed by atoms with Crippen molar-refractivity contribution in [2.75, 3.05) is 6.54 Å². The normalized spacial score (nSPS) is 30.5. The van der Waals surface area contributed by atoms with Crippen LogP contribution in [-0.4, -0.2) is 29.6 Å². The molecule has 12 heavy (non-hydrogen) atoms. The molecule has 1 saturated carbocycles. The van der Waals surface area contributed by atoms with Gasteiger partial charge in [-0.05, 0) is 39.7 Å². The van der Waals surface area contributed by atoms with Gasteiger partial charge in [0.25, 0.3) is 0 Å². The Morgan fingerprint density at radius 1 is 1.42 bits per heavy atom. The summed E-state index contributed by atoms with van der Waals surface area (Å²) in [7, 11) is 0. The van der Waals surface area contributed by atoms with Crippen LogP contribution < -0.4 is 5.73 Å². The molecule has 1 aliphatic carbocycles. The molecule has 2 unspecified atom stereocenters. The zero-order chi connectivity index (χ0) is 9.14. The molecule has 0 aromatic heterocycles. The highest BCUT2D eigenvalue weighted by Crippen LogP contribution is 2.23. The van der Waals surface area contributed by atoms with Crippen molar-refractivity contribution >= 4 is 0 Å². The molecule has 0 radical (unpaired) electrons. The number of hydrogen-bond donors (Lipinski definition) is 1. The van der Waals surface area contributed by atoms with Gasteiger partial charge in [0.1, 0.15) is 0 Å². The summed E-state index contributed by atoms with van der Waals surface area (Å²) in [6.07, 6.45) is 3.72. The Morgan fingerprint density at radius 2 is 2.08 bits per heavy atom. The average Bonchev–Trinajstić information content (AvgIpc) is 2.37. The summed E-state index contributed by atoms with van der Waals surface area (Å²) >= 11 is 0. The first-order chi connectivity index (χ1) is 5.65. The second-order valence-corrected chi connectivity index (χ2v) is 4.15. The minimum Gasteiger partial charge on any atom is -0.328 e. The van der Waals surface area contributed by atoms with E-state index in [0.29, 0.717) is 12.1 Å². The molecule has 0 aliphatic heterocycles. The van der Waals surface area contributed by atoms with E-state index in [-0.39, 0.29) is 0 Å². The summed E-state index contributed by atoms with van der Waals surface area (Å²) in [5, 5.41) is 0. The van der Waals surface area contributed by atoms with Crippen molar-refractivity contribution in [2.45, 2.75) is 58.2 Å². The van der Waals surface area contributed by atoms with Gasteiger partial charge in [-0.15, -0.1) is 0 Å². The summed E-state index contributed by atoms with van der Waals surface area (Å²) in [4.78, 5) is 2.56. The molecule has 0 heterocycles. The van der Waals surface area contributed by atoms with Crippen LogP contribution in [0.25, 0.3) is 0 Å². The molecule has 0 spiro atoms. The van der Waals surface area contributed by atoms with Crippen molar-refractivity contribution in [3.05, 3.63) is 0 Å². The van der Waals surface area contributed by atoms with Gasteiger partial charge in [0.2, 0.25) is 0 Å². The summed E-state index contributed by atoms with van der Waals surface area (Å²) in [6, 6.07) is 1.89. The van der Waals surface area contributed by atoms with E-state index >= 15 is 0 Å². The van der Waals surface area contributed by atoms with E-state index in [4.69, 9.17) is 5.73 Å². The second-order valence-electron chi connectivity index (χ2n) is 4.15. The van der Waals surface area contributed by atoms with Crippen LogP contribution in [0.2, 0.25) is 0 Å². The molecular formula is C10H22N2. The molecule has 0 saturated heterocycles. The first-order valence-electron chi connectivity index (χ1n) is 5.16. The lowest BCUT2D eigenvalue weighted by molar-refractivity contribution is 0.163. The van der Waals surface area contributed by atoms with Gasteiger partial charge in [0, 0.05) is 18.1 Å². The lowest BCUT2D eigenvalue weighted by Crippen LogP contribution is -2.39. The van der Waals surface area contributed by atoms with Crippen molar-refractivity contribution in [1.82, 2.24) is 4.90 Å². The lowest BCUT2D eigenvalue weighted by atomic mass is 10.1. The van der Waals surface area contributed by atoms with Crippen LogP contribution in [0, 0.1) is 0 Å². The van der Waals surface area contributed by atoms with E-state index in [0.717, 1.165) is 12.6 Å². The number of hydrogen-bond acceptors (Lipinski definition) is 2. The molecule has 2 N–H and O–H groups in total. The fourth-order valence-electron chi connectivity index (χ4n) is 2.34. The average molecular weight is 170 g/mol. The topological polar surface area (TPSA) is 29.3 Å². The molecule has 72 valence electrons. The van der Waals surface area contributed by atoms with Crippen LogP contribution in [0.1, 0.15) is 40.0 Å². The van der Waals surface area contributed by atoms with Crippen molar-refractivity contribution < 1.29 is 0 Å². The third-order valence-corrected chi connectivity index (χ3v) is 2.94. The summed E-state index contributed by atoms with van der Waals surface area (Å²) in [6.45, 7) is 7.94. The van der Waals surface area contributed by atoms with Gasteiger partial charge in [-0.3, -0.25) is 4.90 Å². The lowest BCUT2D eigenvalue weighted by Gasteiger charge is -2.31. The van der Waals surface area contributed by atoms with E-state index in [2.05, 4.69) is 25.7 Å². The minimum absolute atomic E-state index is 0.461. The van der Waals surface area contributed by atoms with E-state index in [9.17, 15) is 0 Å². The quantitative estimate of drug-likeness (QED) is 0.697. The summed E-state index contributed by atoms with van der Waals surface area (Å²) < 4.78 is 0. The van der Waals surface area contributed by atoms with Gasteiger partial charge in [-0.1, -0.05) is 6.92 Å². The number of nitrogens with zero attached hydrogens (tertiary/aromatic N) is 1. The monoisotopic (exact) mass is 170 g/mol. The molecule has 0 aromatic rings. The predicted molar refractivity (Wildman–Crippen MR) is 53.1 cm³/mol. The molecule has 2 heteroatoms. The fraction of sp³-hybridized carbons (Fsp3) is 1.00. The summed E-state index contributed by atoms with van der Waals surface area (Å²) in [5.74, 6) is 0. The third kappa shape index (κ3) is 2.20. The standard InChI is InChI=1S/C10H22N2/c1-4-12(8(2)3)10-6-5-9(11)7-10/h8-10H,4-7,11H2,1-3H3. The number of nitrogens with two attached hydrogens (primary N) is 1. The highest BCUT2D eigenvalue weighted by Gasteiger charge is 2.27. The van der Waals surface area contributed by atoms with Gasteiger partial charge < -0.3 is 5.73 Å². The second kappa shape index (κ2) is 4.24. The highest BCUT2D eigenvalue weighted by atomic mass is 15.2. The molecule has 0 amide bonds. The largest absolute Gasteiger partial charge is 0.328 e. The van der Waals surface area contributed by atoms with Crippen molar-refractivity contribution in [2.24, 2.45) is 5.73 Å². The van der Waals surface area contributed by atoms with Crippen LogP contribution in [0.15, 0.2) is 0 Å². The van der Waals surface area contributed by atoms with Gasteiger partial charge in [0.05, 0.1) is 0 Å². The Balaban J connectivity index is 2.44. The molecule has 0 aromatic carbocycles. The van der Waals surface area contributed by atoms with Crippen molar-refractivity contribution in [3.8, 4) is 0 Å². The molecule has 1 aliphatic rings. The Bertz CT molecular complexity index is 134. The van der Waals surface area contributed by atoms with E-state index in [1.807, 2.05) is 0 Å². The van der Waals surface area contributed by atoms with E-state index in [1.165, 1.54) is 19.3 Å². The van der Waals surface area contributed by atoms with Crippen molar-refractivity contribution in [1.29, 1.82) is 0 Å². The Hall–Kier alpha value is -0.0800. The van der Waals surface area contributed by atoms with Crippen LogP contribution in [-0.2, 0) is 0 Å². The van der Waals surface area contributed by atoms with E-state index < -0.39 is 0 Å². The molecule has 1 rings (SSSR count). The maximum atomic E-state index is 5.89. The zero-order valence-corrected chi connectivity index (χ0v) is 8.59. The first kappa shape index (κ1) is 10.0. The van der Waals surface area contributed by atoms with Crippen LogP contribution in [0.4, 0.5) is 0 Å². The molecule has 1 fully saturated rings. The SMILES string of the molecule is CCN(C(C)C)C1CCC(N)C1. The third-order valence-electron chi connectivity index (χ3n) is 2.94. The number of rotatable bonds is 3. The fourth-order valence-corrected chi connectivity index (χ4v) is 2.34. The van der Waals surface area contributed by atoms with Gasteiger partial charge in [0.15, 0.2) is 0 Å². The van der Waals surface area contributed by atoms with Crippen molar-refractivity contribution in [3.63, 3.8) is 0 Å². The molecular weight excluding hydrogens is 148 g/mol. The maximum absolute atomic E-state index is 5.89. The Labute approximate surface area is 76.1 Å². The van der Waals surface area contributed by atoms with Gasteiger partial charge in [-0.25, -0.2) is 0 Å². The molecule has 0 bridgehead atoms. The Morgan fingerprint density at radius 3 is 2.42 bits per heavy atom. The molecule has 2 nitrogen and oxygen atoms in total. The Kier molecular flexibility index (Phi) is 3.53. The van der Waals surface area contributed by atoms with Gasteiger partial charge in [-0.2, -0.15) is 0 Å². The first-order valence-corrected chi connectivity index (χ1v) is 5.16. The summed E-state index contributed by atoms with van der Waals surface area (Å²) in [5.41, 5.74) is 5.89. The van der Waals surface area contributed by atoms with Crippen LogP contribution in [0.3, 0.4) is 0 Å². The molecule has 2 atom stereocenters.